The van der Waals surface area contributed by atoms with E-state index in [1.807, 2.05) is 18.2 Å². The summed E-state index contributed by atoms with van der Waals surface area (Å²) in [7, 11) is 0. The number of esters is 1. The van der Waals surface area contributed by atoms with Gasteiger partial charge in [-0.2, -0.15) is 0 Å². The van der Waals surface area contributed by atoms with Gasteiger partial charge in [0.05, 0.1) is 17.3 Å². The molecule has 0 saturated carbocycles. The minimum atomic E-state index is -0.750. The van der Waals surface area contributed by atoms with Gasteiger partial charge < -0.3 is 24.7 Å². The summed E-state index contributed by atoms with van der Waals surface area (Å²) in [6, 6.07) is 1.01. The van der Waals surface area contributed by atoms with Gasteiger partial charge in [-0.15, -0.1) is 0 Å². The van der Waals surface area contributed by atoms with E-state index in [2.05, 4.69) is 5.16 Å². The number of likely N-dealkylation sites (tertiary alicyclic amines) is 1. The van der Waals surface area contributed by atoms with Crippen LogP contribution in [0.1, 0.15) is 60.9 Å². The summed E-state index contributed by atoms with van der Waals surface area (Å²) >= 11 is 6.31. The van der Waals surface area contributed by atoms with E-state index in [1.165, 1.54) is 0 Å². The number of allylic oxidation sites excluding steroid dienone is 3. The number of phenols is 2. The molecule has 0 unspecified atom stereocenters. The summed E-state index contributed by atoms with van der Waals surface area (Å²) in [4.78, 5) is 32.4. The predicted molar refractivity (Wildman–Crippen MR) is 129 cm³/mol. The van der Waals surface area contributed by atoms with Gasteiger partial charge in [-0.05, 0) is 43.7 Å². The summed E-state index contributed by atoms with van der Waals surface area (Å²) in [5, 5.41) is 24.5. The van der Waals surface area contributed by atoms with Crippen molar-refractivity contribution < 1.29 is 29.4 Å². The molecule has 2 aliphatic heterocycles. The van der Waals surface area contributed by atoms with Crippen molar-refractivity contribution in [2.45, 2.75) is 51.4 Å². The van der Waals surface area contributed by atoms with Crippen LogP contribution in [0, 0.1) is 0 Å². The molecule has 0 aromatic heterocycles. The summed E-state index contributed by atoms with van der Waals surface area (Å²) in [6.07, 6.45) is 13.8. The van der Waals surface area contributed by atoms with E-state index in [0.717, 1.165) is 57.7 Å². The van der Waals surface area contributed by atoms with Crippen molar-refractivity contribution >= 4 is 29.2 Å². The maximum Gasteiger partial charge on any atom is 0.342 e. The topological polar surface area (TPSA) is 109 Å². The number of halogens is 1. The van der Waals surface area contributed by atoms with Crippen molar-refractivity contribution in [2.24, 2.45) is 5.16 Å². The minimum absolute atomic E-state index is 0.0184. The second kappa shape index (κ2) is 13.0. The molecule has 3 rings (SSSR count). The van der Waals surface area contributed by atoms with Crippen molar-refractivity contribution in [2.75, 3.05) is 26.3 Å². The Morgan fingerprint density at radius 1 is 1.06 bits per heavy atom. The molecule has 0 atom stereocenters. The fraction of sp³-hybridized carbons (Fsp3) is 0.480. The second-order valence-corrected chi connectivity index (χ2v) is 8.66. The summed E-state index contributed by atoms with van der Waals surface area (Å²) < 4.78 is 5.28. The molecule has 0 radical (unpaired) electrons. The lowest BCUT2D eigenvalue weighted by molar-refractivity contribution is -0.136. The first-order valence-corrected chi connectivity index (χ1v) is 12.0. The van der Waals surface area contributed by atoms with Gasteiger partial charge in [0.1, 0.15) is 17.1 Å². The lowest BCUT2D eigenvalue weighted by Crippen LogP contribution is -2.34. The first kappa shape index (κ1) is 25.6. The molecule has 8 nitrogen and oxygen atoms in total. The molecule has 1 saturated heterocycles. The normalized spacial score (nSPS) is 19.1. The van der Waals surface area contributed by atoms with E-state index < -0.39 is 11.7 Å². The SMILES string of the molecule is O=C1OCCC=CCCC=CC(=NOCC(=O)N2CCCCCC2)Cc2c(Cl)c(O)cc(O)c21. The highest BCUT2D eigenvalue weighted by Crippen LogP contribution is 2.37. The van der Waals surface area contributed by atoms with Crippen LogP contribution in [0.3, 0.4) is 0 Å². The number of benzene rings is 1. The van der Waals surface area contributed by atoms with Gasteiger partial charge in [-0.25, -0.2) is 4.79 Å². The van der Waals surface area contributed by atoms with Crippen LogP contribution < -0.4 is 0 Å². The molecule has 2 N–H and O–H groups in total. The Bertz CT molecular complexity index is 965. The zero-order chi connectivity index (χ0) is 24.3. The second-order valence-electron chi connectivity index (χ2n) is 8.29. The third kappa shape index (κ3) is 7.25. The number of rotatable bonds is 3. The average Bonchev–Trinajstić information content (AvgIpc) is 3.10. The Hall–Kier alpha value is -3.00. The first-order chi connectivity index (χ1) is 16.5. The number of carbonyl (C=O) groups excluding carboxylic acids is 2. The van der Waals surface area contributed by atoms with Gasteiger partial charge in [-0.3, -0.25) is 4.79 Å². The van der Waals surface area contributed by atoms with Crippen molar-refractivity contribution in [1.29, 1.82) is 0 Å². The largest absolute Gasteiger partial charge is 0.507 e. The molecule has 1 aromatic rings. The number of amides is 1. The smallest absolute Gasteiger partial charge is 0.342 e. The monoisotopic (exact) mass is 490 g/mol. The number of hydrogen-bond acceptors (Lipinski definition) is 7. The maximum atomic E-state index is 12.7. The van der Waals surface area contributed by atoms with E-state index in [9.17, 15) is 19.8 Å². The summed E-state index contributed by atoms with van der Waals surface area (Å²) in [6.45, 7) is 1.38. The fourth-order valence-electron chi connectivity index (χ4n) is 3.90. The summed E-state index contributed by atoms with van der Waals surface area (Å²) in [5.41, 5.74) is 0.416. The Morgan fingerprint density at radius 3 is 2.53 bits per heavy atom. The number of phenolic OH excluding ortho intramolecular Hbond substituents is 2. The number of aromatic hydroxyl groups is 2. The third-order valence-corrected chi connectivity index (χ3v) is 6.13. The number of hydrogen-bond donors (Lipinski definition) is 2. The van der Waals surface area contributed by atoms with Crippen LogP contribution in [0.25, 0.3) is 0 Å². The molecule has 0 bridgehead atoms. The van der Waals surface area contributed by atoms with E-state index in [0.29, 0.717) is 12.1 Å². The Labute approximate surface area is 204 Å². The highest BCUT2D eigenvalue weighted by Gasteiger charge is 2.24. The van der Waals surface area contributed by atoms with Gasteiger partial charge in [0.2, 0.25) is 0 Å². The molecule has 1 fully saturated rings. The standard InChI is InChI=1S/C25H31ClN2O6/c26-24-19-15-18(27-34-17-22(31)28-12-8-4-5-9-13-28)11-7-3-1-2-6-10-14-33-25(32)23(19)20(29)16-21(24)30/h2,6-7,11,16,29-30H,1,3-5,8-10,12-15,17H2. The van der Waals surface area contributed by atoms with E-state index >= 15 is 0 Å². The fourth-order valence-corrected chi connectivity index (χ4v) is 4.12. The van der Waals surface area contributed by atoms with E-state index in [1.54, 1.807) is 11.0 Å². The number of cyclic esters (lactones) is 1. The Morgan fingerprint density at radius 2 is 1.76 bits per heavy atom. The Kier molecular flexibility index (Phi) is 9.82. The highest BCUT2D eigenvalue weighted by atomic mass is 35.5. The molecule has 1 amide bonds. The number of oxime groups is 1. The molecule has 2 heterocycles. The molecule has 9 heteroatoms. The maximum absolute atomic E-state index is 12.7. The van der Waals surface area contributed by atoms with Crippen LogP contribution >= 0.6 is 11.6 Å². The zero-order valence-corrected chi connectivity index (χ0v) is 19.9. The Balaban J connectivity index is 1.84. The van der Waals surface area contributed by atoms with Crippen LogP contribution in [-0.2, 0) is 20.8 Å². The lowest BCUT2D eigenvalue weighted by Gasteiger charge is -2.19. The van der Waals surface area contributed by atoms with Crippen molar-refractivity contribution in [1.82, 2.24) is 4.90 Å². The molecule has 184 valence electrons. The van der Waals surface area contributed by atoms with Crippen LogP contribution in [0.5, 0.6) is 11.5 Å². The quantitative estimate of drug-likeness (QED) is 0.366. The lowest BCUT2D eigenvalue weighted by atomic mass is 9.99. The predicted octanol–water partition coefficient (Wildman–Crippen LogP) is 4.52. The van der Waals surface area contributed by atoms with Crippen molar-refractivity contribution in [3.05, 3.63) is 46.5 Å². The van der Waals surface area contributed by atoms with Crippen molar-refractivity contribution in [3.8, 4) is 11.5 Å². The van der Waals surface area contributed by atoms with Gasteiger partial charge in [0.15, 0.2) is 6.61 Å². The number of fused-ring (bicyclic) bond motifs is 1. The van der Waals surface area contributed by atoms with Crippen LogP contribution in [0.15, 0.2) is 35.5 Å². The average molecular weight is 491 g/mol. The van der Waals surface area contributed by atoms with Crippen molar-refractivity contribution in [3.63, 3.8) is 0 Å². The van der Waals surface area contributed by atoms with Crippen LogP contribution in [-0.4, -0.2) is 59.0 Å². The first-order valence-electron chi connectivity index (χ1n) is 11.7. The van der Waals surface area contributed by atoms with Gasteiger partial charge >= 0.3 is 5.97 Å². The van der Waals surface area contributed by atoms with Crippen LogP contribution in [0.4, 0.5) is 0 Å². The molecule has 0 spiro atoms. The third-order valence-electron chi connectivity index (χ3n) is 5.71. The molecule has 1 aromatic carbocycles. The molecule has 34 heavy (non-hydrogen) atoms. The number of nitrogens with zero attached hydrogens (tertiary/aromatic N) is 2. The summed E-state index contributed by atoms with van der Waals surface area (Å²) in [5.74, 6) is -1.68. The van der Waals surface area contributed by atoms with Gasteiger partial charge in [-0.1, -0.05) is 47.8 Å². The minimum Gasteiger partial charge on any atom is -0.507 e. The van der Waals surface area contributed by atoms with Gasteiger partial charge in [0, 0.05) is 25.6 Å². The zero-order valence-electron chi connectivity index (χ0n) is 19.2. The van der Waals surface area contributed by atoms with E-state index in [-0.39, 0.29) is 47.4 Å². The molecule has 2 aliphatic rings. The highest BCUT2D eigenvalue weighted by molar-refractivity contribution is 6.33. The van der Waals surface area contributed by atoms with Crippen LogP contribution in [0.2, 0.25) is 5.02 Å². The molecular weight excluding hydrogens is 460 g/mol. The molecule has 0 aliphatic carbocycles. The number of ether oxygens (including phenoxy) is 1. The molecular formula is C25H31ClN2O6. The number of carbonyl (C=O) groups is 2. The van der Waals surface area contributed by atoms with E-state index in [4.69, 9.17) is 21.2 Å². The van der Waals surface area contributed by atoms with Gasteiger partial charge in [0.25, 0.3) is 5.91 Å².